The van der Waals surface area contributed by atoms with Gasteiger partial charge in [-0.3, -0.25) is 9.89 Å². The third kappa shape index (κ3) is 3.48. The number of carbonyl (C=O) groups is 1. The Bertz CT molecular complexity index is 603. The lowest BCUT2D eigenvalue weighted by Crippen LogP contribution is -2.00. The second-order valence-electron chi connectivity index (χ2n) is 5.23. The first-order valence-corrected chi connectivity index (χ1v) is 7.30. The largest absolute Gasteiger partial charge is 0.481 e. The van der Waals surface area contributed by atoms with E-state index in [0.29, 0.717) is 11.6 Å². The van der Waals surface area contributed by atoms with Crippen molar-refractivity contribution in [1.82, 2.24) is 10.2 Å². The summed E-state index contributed by atoms with van der Waals surface area (Å²) in [5.74, 6) is -0.256. The van der Waals surface area contributed by atoms with E-state index in [2.05, 4.69) is 52.1 Å². The van der Waals surface area contributed by atoms with E-state index in [9.17, 15) is 4.79 Å². The SMILES string of the molecule is CC(C)Cc1ccc(-c2n[nH]c(CC(=O)O)c2Br)cc1. The summed E-state index contributed by atoms with van der Waals surface area (Å²) in [4.78, 5) is 10.7. The van der Waals surface area contributed by atoms with Crippen LogP contribution in [0.3, 0.4) is 0 Å². The predicted molar refractivity (Wildman–Crippen MR) is 81.6 cm³/mol. The molecule has 1 aromatic carbocycles. The Morgan fingerprint density at radius 2 is 2.00 bits per heavy atom. The average molecular weight is 337 g/mol. The highest BCUT2D eigenvalue weighted by Gasteiger charge is 2.14. The zero-order chi connectivity index (χ0) is 14.7. The molecule has 20 heavy (non-hydrogen) atoms. The first-order chi connectivity index (χ1) is 9.47. The van der Waals surface area contributed by atoms with Crippen molar-refractivity contribution in [2.24, 2.45) is 5.92 Å². The lowest BCUT2D eigenvalue weighted by atomic mass is 10.0. The van der Waals surface area contributed by atoms with Gasteiger partial charge in [0.15, 0.2) is 0 Å². The number of rotatable bonds is 5. The summed E-state index contributed by atoms with van der Waals surface area (Å²) in [7, 11) is 0. The number of aromatic nitrogens is 2. The van der Waals surface area contributed by atoms with E-state index in [0.717, 1.165) is 22.2 Å². The van der Waals surface area contributed by atoms with Crippen LogP contribution in [-0.2, 0) is 17.6 Å². The number of carboxylic acids is 1. The number of aromatic amines is 1. The Hall–Kier alpha value is -1.62. The maximum absolute atomic E-state index is 10.7. The molecule has 0 radical (unpaired) electrons. The predicted octanol–water partition coefficient (Wildman–Crippen LogP) is 3.66. The fraction of sp³-hybridized carbons (Fsp3) is 0.333. The average Bonchev–Trinajstić information content (AvgIpc) is 2.71. The van der Waals surface area contributed by atoms with Gasteiger partial charge in [-0.1, -0.05) is 38.1 Å². The Labute approximate surface area is 126 Å². The minimum absolute atomic E-state index is 0.0704. The van der Waals surface area contributed by atoms with Crippen LogP contribution in [0.5, 0.6) is 0 Å². The van der Waals surface area contributed by atoms with Crippen LogP contribution in [0.15, 0.2) is 28.7 Å². The number of nitrogens with zero attached hydrogens (tertiary/aromatic N) is 1. The standard InChI is InChI=1S/C15H17BrN2O2/c1-9(2)7-10-3-5-11(6-4-10)15-14(16)12(17-18-15)8-13(19)20/h3-6,9H,7-8H2,1-2H3,(H,17,18)(H,19,20). The second-order valence-corrected chi connectivity index (χ2v) is 6.02. The molecule has 0 aliphatic rings. The first-order valence-electron chi connectivity index (χ1n) is 6.51. The molecule has 0 atom stereocenters. The van der Waals surface area contributed by atoms with Gasteiger partial charge in [0.1, 0.15) is 5.69 Å². The van der Waals surface area contributed by atoms with Gasteiger partial charge in [-0.2, -0.15) is 5.10 Å². The summed E-state index contributed by atoms with van der Waals surface area (Å²) in [6.07, 6.45) is 0.977. The molecule has 0 unspecified atom stereocenters. The zero-order valence-corrected chi connectivity index (χ0v) is 13.1. The van der Waals surface area contributed by atoms with Crippen LogP contribution in [0.25, 0.3) is 11.3 Å². The van der Waals surface area contributed by atoms with Crippen LogP contribution < -0.4 is 0 Å². The summed E-state index contributed by atoms with van der Waals surface area (Å²) in [6, 6.07) is 8.22. The number of carboxylic acid groups (broad SMARTS) is 1. The van der Waals surface area contributed by atoms with Crippen molar-refractivity contribution in [3.05, 3.63) is 40.0 Å². The number of hydrogen-bond acceptors (Lipinski definition) is 2. The number of aliphatic carboxylic acids is 1. The van der Waals surface area contributed by atoms with Crippen molar-refractivity contribution < 1.29 is 9.90 Å². The van der Waals surface area contributed by atoms with Crippen molar-refractivity contribution in [2.45, 2.75) is 26.7 Å². The van der Waals surface area contributed by atoms with Gasteiger partial charge in [0.25, 0.3) is 0 Å². The normalized spacial score (nSPS) is 11.0. The number of halogens is 1. The quantitative estimate of drug-likeness (QED) is 0.875. The summed E-state index contributed by atoms with van der Waals surface area (Å²) < 4.78 is 0.719. The smallest absolute Gasteiger partial charge is 0.309 e. The highest BCUT2D eigenvalue weighted by atomic mass is 79.9. The van der Waals surface area contributed by atoms with Gasteiger partial charge in [0, 0.05) is 5.56 Å². The molecule has 0 aliphatic heterocycles. The van der Waals surface area contributed by atoms with Crippen LogP contribution in [0.1, 0.15) is 25.1 Å². The number of hydrogen-bond donors (Lipinski definition) is 2. The molecule has 0 aliphatic carbocycles. The molecule has 106 valence electrons. The first kappa shape index (κ1) is 14.8. The molecule has 0 bridgehead atoms. The van der Waals surface area contributed by atoms with Gasteiger partial charge in [-0.15, -0.1) is 0 Å². The van der Waals surface area contributed by atoms with Crippen LogP contribution in [0.4, 0.5) is 0 Å². The molecule has 0 spiro atoms. The molecular weight excluding hydrogens is 320 g/mol. The molecule has 1 heterocycles. The van der Waals surface area contributed by atoms with Crippen LogP contribution in [0.2, 0.25) is 0 Å². The molecule has 2 aromatic rings. The number of H-pyrrole nitrogens is 1. The molecule has 1 aromatic heterocycles. The summed E-state index contributed by atoms with van der Waals surface area (Å²) in [5, 5.41) is 15.8. The Kier molecular flexibility index (Phi) is 4.60. The van der Waals surface area contributed by atoms with E-state index in [1.165, 1.54) is 5.56 Å². The summed E-state index contributed by atoms with van der Waals surface area (Å²) in [5.41, 5.74) is 3.59. The third-order valence-corrected chi connectivity index (χ3v) is 3.83. The van der Waals surface area contributed by atoms with Crippen molar-refractivity contribution in [2.75, 3.05) is 0 Å². The van der Waals surface area contributed by atoms with Gasteiger partial charge < -0.3 is 5.11 Å². The lowest BCUT2D eigenvalue weighted by Gasteiger charge is -2.05. The van der Waals surface area contributed by atoms with E-state index in [4.69, 9.17) is 5.11 Å². The fourth-order valence-corrected chi connectivity index (χ4v) is 2.64. The zero-order valence-electron chi connectivity index (χ0n) is 11.5. The maximum atomic E-state index is 10.7. The molecule has 0 fully saturated rings. The van der Waals surface area contributed by atoms with Crippen molar-refractivity contribution >= 4 is 21.9 Å². The Morgan fingerprint density at radius 1 is 1.35 bits per heavy atom. The molecule has 0 saturated carbocycles. The Morgan fingerprint density at radius 3 is 2.55 bits per heavy atom. The van der Waals surface area contributed by atoms with Gasteiger partial charge in [-0.05, 0) is 33.8 Å². The molecule has 4 nitrogen and oxygen atoms in total. The van der Waals surface area contributed by atoms with E-state index in [-0.39, 0.29) is 6.42 Å². The van der Waals surface area contributed by atoms with Crippen LogP contribution in [0, 0.1) is 5.92 Å². The van der Waals surface area contributed by atoms with Gasteiger partial charge in [-0.25, -0.2) is 0 Å². The molecule has 2 rings (SSSR count). The number of benzene rings is 1. The van der Waals surface area contributed by atoms with Gasteiger partial charge in [0.05, 0.1) is 16.6 Å². The van der Waals surface area contributed by atoms with Crippen molar-refractivity contribution in [1.29, 1.82) is 0 Å². The molecule has 0 saturated heterocycles. The molecule has 0 amide bonds. The van der Waals surface area contributed by atoms with E-state index < -0.39 is 5.97 Å². The fourth-order valence-electron chi connectivity index (χ4n) is 2.09. The molecular formula is C15H17BrN2O2. The van der Waals surface area contributed by atoms with E-state index >= 15 is 0 Å². The topological polar surface area (TPSA) is 66.0 Å². The highest BCUT2D eigenvalue weighted by Crippen LogP contribution is 2.29. The summed E-state index contributed by atoms with van der Waals surface area (Å²) in [6.45, 7) is 4.38. The van der Waals surface area contributed by atoms with E-state index in [1.54, 1.807) is 0 Å². The highest BCUT2D eigenvalue weighted by molar-refractivity contribution is 9.10. The molecule has 5 heteroatoms. The lowest BCUT2D eigenvalue weighted by molar-refractivity contribution is -0.136. The van der Waals surface area contributed by atoms with Gasteiger partial charge in [0.2, 0.25) is 0 Å². The number of nitrogens with one attached hydrogen (secondary N) is 1. The third-order valence-electron chi connectivity index (χ3n) is 2.97. The minimum Gasteiger partial charge on any atom is -0.481 e. The summed E-state index contributed by atoms with van der Waals surface area (Å²) >= 11 is 3.42. The minimum atomic E-state index is -0.881. The monoisotopic (exact) mass is 336 g/mol. The van der Waals surface area contributed by atoms with Gasteiger partial charge >= 0.3 is 5.97 Å². The maximum Gasteiger partial charge on any atom is 0.309 e. The van der Waals surface area contributed by atoms with Crippen LogP contribution >= 0.6 is 15.9 Å². The van der Waals surface area contributed by atoms with E-state index in [1.807, 2.05) is 12.1 Å². The van der Waals surface area contributed by atoms with Crippen molar-refractivity contribution in [3.8, 4) is 11.3 Å². The van der Waals surface area contributed by atoms with Crippen molar-refractivity contribution in [3.63, 3.8) is 0 Å². The second kappa shape index (κ2) is 6.22. The van der Waals surface area contributed by atoms with Crippen LogP contribution in [-0.4, -0.2) is 21.3 Å². The Balaban J connectivity index is 2.23. The molecule has 2 N–H and O–H groups in total.